The van der Waals surface area contributed by atoms with Crippen LogP contribution in [0.2, 0.25) is 5.02 Å². The molecule has 1 aliphatic rings. The average Bonchev–Trinajstić information content (AvgIpc) is 3.14. The summed E-state index contributed by atoms with van der Waals surface area (Å²) in [7, 11) is 1.74. The maximum absolute atomic E-state index is 15.4. The van der Waals surface area contributed by atoms with E-state index >= 15 is 4.39 Å². The zero-order valence-electron chi connectivity index (χ0n) is 16.2. The first-order valence-electron chi connectivity index (χ1n) is 9.51. The van der Waals surface area contributed by atoms with Crippen molar-refractivity contribution in [2.45, 2.75) is 24.9 Å². The number of primary amides is 1. The highest BCUT2D eigenvalue weighted by Crippen LogP contribution is 2.46. The highest BCUT2D eigenvalue weighted by Gasteiger charge is 2.32. The maximum Gasteiger partial charge on any atom is 0.249 e. The van der Waals surface area contributed by atoms with E-state index in [2.05, 4.69) is 0 Å². The van der Waals surface area contributed by atoms with Crippen molar-refractivity contribution < 1.29 is 22.7 Å². The number of rotatable bonds is 5. The van der Waals surface area contributed by atoms with Gasteiger partial charge in [0.05, 0.1) is 10.6 Å². The van der Waals surface area contributed by atoms with Gasteiger partial charge in [0.2, 0.25) is 12.0 Å². The van der Waals surface area contributed by atoms with Gasteiger partial charge in [0, 0.05) is 11.1 Å². The van der Waals surface area contributed by atoms with Gasteiger partial charge >= 0.3 is 0 Å². The van der Waals surface area contributed by atoms with Crippen LogP contribution in [-0.4, -0.2) is 12.0 Å². The number of alkyl halides is 1. The Kier molecular flexibility index (Phi) is 5.96. The lowest BCUT2D eigenvalue weighted by molar-refractivity contribution is 0.100. The lowest BCUT2D eigenvalue weighted by Gasteiger charge is -2.18. The van der Waals surface area contributed by atoms with E-state index in [0.717, 1.165) is 11.6 Å². The standard InChI is InChI=1S/C23H18ClF3NO2P/c24-20-16(25)10-13-8-12(11-4-2-1-3-5-11)9-15(13)18(20)19-14(22(28)29)6-7-17(21(19)26)30-23(27)31/h1-7,10,12,23H,8-9,31H2,(H2,28,29). The quantitative estimate of drug-likeness (QED) is 0.488. The van der Waals surface area contributed by atoms with Crippen molar-refractivity contribution in [2.75, 3.05) is 0 Å². The monoisotopic (exact) mass is 463 g/mol. The SMILES string of the molecule is NC(=O)c1ccc(OC(F)P)c(F)c1-c1c(Cl)c(F)cc2c1CC(c1ccccc1)C2. The second kappa shape index (κ2) is 8.52. The van der Waals surface area contributed by atoms with E-state index in [1.54, 1.807) is 9.24 Å². The van der Waals surface area contributed by atoms with Crippen molar-refractivity contribution in [1.82, 2.24) is 0 Å². The highest BCUT2D eigenvalue weighted by molar-refractivity contribution is 7.16. The van der Waals surface area contributed by atoms with Gasteiger partial charge in [-0.2, -0.15) is 4.39 Å². The summed E-state index contributed by atoms with van der Waals surface area (Å²) in [6, 6.07) is 13.3. The van der Waals surface area contributed by atoms with E-state index in [1.165, 1.54) is 12.1 Å². The lowest BCUT2D eigenvalue weighted by Crippen LogP contribution is -2.15. The van der Waals surface area contributed by atoms with Crippen LogP contribution in [0.1, 0.15) is 33.0 Å². The van der Waals surface area contributed by atoms with Gasteiger partial charge in [-0.1, -0.05) is 51.2 Å². The van der Waals surface area contributed by atoms with Crippen LogP contribution in [0, 0.1) is 11.6 Å². The second-order valence-corrected chi connectivity index (χ2v) is 8.24. The minimum absolute atomic E-state index is 0.0367. The fraction of sp³-hybridized carbons (Fsp3) is 0.174. The van der Waals surface area contributed by atoms with Crippen LogP contribution in [0.25, 0.3) is 11.1 Å². The molecule has 0 radical (unpaired) electrons. The minimum atomic E-state index is -1.88. The smallest absolute Gasteiger partial charge is 0.249 e. The lowest BCUT2D eigenvalue weighted by atomic mass is 9.91. The molecule has 0 spiro atoms. The average molecular weight is 464 g/mol. The molecule has 1 aliphatic carbocycles. The van der Waals surface area contributed by atoms with Crippen LogP contribution < -0.4 is 10.5 Å². The number of hydrogen-bond acceptors (Lipinski definition) is 2. The molecule has 0 saturated carbocycles. The number of ether oxygens (including phenoxy) is 1. The molecule has 31 heavy (non-hydrogen) atoms. The topological polar surface area (TPSA) is 52.3 Å². The molecule has 0 bridgehead atoms. The zero-order chi connectivity index (χ0) is 22.3. The molecule has 160 valence electrons. The van der Waals surface area contributed by atoms with E-state index in [1.807, 2.05) is 30.3 Å². The van der Waals surface area contributed by atoms with Gasteiger partial charge in [-0.3, -0.25) is 4.79 Å². The number of halogens is 4. The number of carbonyl (C=O) groups is 1. The van der Waals surface area contributed by atoms with E-state index in [-0.39, 0.29) is 27.6 Å². The van der Waals surface area contributed by atoms with Crippen molar-refractivity contribution in [3.8, 4) is 16.9 Å². The van der Waals surface area contributed by atoms with Crippen molar-refractivity contribution in [2.24, 2.45) is 5.73 Å². The summed E-state index contributed by atoms with van der Waals surface area (Å²) in [5, 5.41) is -0.325. The summed E-state index contributed by atoms with van der Waals surface area (Å²) >= 11 is 6.30. The first kappa shape index (κ1) is 21.7. The van der Waals surface area contributed by atoms with Crippen LogP contribution in [0.4, 0.5) is 13.2 Å². The Bertz CT molecular complexity index is 1170. The number of benzene rings is 3. The Morgan fingerprint density at radius 3 is 2.48 bits per heavy atom. The summed E-state index contributed by atoms with van der Waals surface area (Å²) in [5.41, 5.74) is 7.38. The number of amides is 1. The molecule has 0 aliphatic heterocycles. The molecule has 3 atom stereocenters. The Hall–Kier alpha value is -2.56. The fourth-order valence-electron chi connectivity index (χ4n) is 4.16. The van der Waals surface area contributed by atoms with Gasteiger partial charge in [0.25, 0.3) is 0 Å². The molecule has 0 aromatic heterocycles. The Balaban J connectivity index is 1.94. The third-order valence-electron chi connectivity index (χ3n) is 5.47. The summed E-state index contributed by atoms with van der Waals surface area (Å²) < 4.78 is 48.4. The van der Waals surface area contributed by atoms with Crippen LogP contribution in [-0.2, 0) is 12.8 Å². The first-order valence-corrected chi connectivity index (χ1v) is 10.6. The molecule has 3 aromatic rings. The van der Waals surface area contributed by atoms with Crippen molar-refractivity contribution >= 4 is 26.7 Å². The summed E-state index contributed by atoms with van der Waals surface area (Å²) in [6.07, 6.45) is -0.882. The van der Waals surface area contributed by atoms with Crippen LogP contribution in [0.5, 0.6) is 5.75 Å². The molecule has 3 nitrogen and oxygen atoms in total. The van der Waals surface area contributed by atoms with Gasteiger partial charge in [-0.05, 0) is 53.6 Å². The summed E-state index contributed by atoms with van der Waals surface area (Å²) in [6.45, 7) is 0. The van der Waals surface area contributed by atoms with Gasteiger partial charge in [0.15, 0.2) is 11.6 Å². The molecular weight excluding hydrogens is 446 g/mol. The zero-order valence-corrected chi connectivity index (χ0v) is 18.1. The van der Waals surface area contributed by atoms with Gasteiger partial charge in [-0.15, -0.1) is 0 Å². The van der Waals surface area contributed by atoms with Gasteiger partial charge in [0.1, 0.15) is 5.82 Å². The molecule has 4 rings (SSSR count). The normalized spacial score (nSPS) is 16.1. The largest absolute Gasteiger partial charge is 0.454 e. The van der Waals surface area contributed by atoms with Crippen molar-refractivity contribution in [1.29, 1.82) is 0 Å². The summed E-state index contributed by atoms with van der Waals surface area (Å²) in [4.78, 5) is 12.1. The van der Waals surface area contributed by atoms with Crippen LogP contribution in [0.15, 0.2) is 48.5 Å². The van der Waals surface area contributed by atoms with Crippen LogP contribution >= 0.6 is 20.8 Å². The number of fused-ring (bicyclic) bond motifs is 1. The number of hydrogen-bond donors (Lipinski definition) is 1. The van der Waals surface area contributed by atoms with E-state index < -0.39 is 29.4 Å². The van der Waals surface area contributed by atoms with Gasteiger partial charge < -0.3 is 10.5 Å². The molecule has 0 saturated heterocycles. The summed E-state index contributed by atoms with van der Waals surface area (Å²) in [5.74, 6) is -3.09. The van der Waals surface area contributed by atoms with E-state index in [4.69, 9.17) is 22.1 Å². The predicted molar refractivity (Wildman–Crippen MR) is 117 cm³/mol. The molecule has 0 fully saturated rings. The third kappa shape index (κ3) is 4.02. The Labute approximate surface area is 184 Å². The molecule has 3 aromatic carbocycles. The van der Waals surface area contributed by atoms with E-state index in [0.29, 0.717) is 24.0 Å². The Morgan fingerprint density at radius 2 is 1.84 bits per heavy atom. The number of carbonyl (C=O) groups excluding carboxylic acids is 1. The maximum atomic E-state index is 15.4. The Morgan fingerprint density at radius 1 is 1.13 bits per heavy atom. The van der Waals surface area contributed by atoms with Crippen molar-refractivity contribution in [3.05, 3.63) is 87.4 Å². The molecule has 3 unspecified atom stereocenters. The van der Waals surface area contributed by atoms with Crippen molar-refractivity contribution in [3.63, 3.8) is 0 Å². The van der Waals surface area contributed by atoms with Crippen LogP contribution in [0.3, 0.4) is 0 Å². The fourth-order valence-corrected chi connectivity index (χ4v) is 4.57. The second-order valence-electron chi connectivity index (χ2n) is 7.33. The van der Waals surface area contributed by atoms with E-state index in [9.17, 15) is 13.6 Å². The molecule has 8 heteroatoms. The first-order chi connectivity index (χ1) is 14.8. The minimum Gasteiger partial charge on any atom is -0.454 e. The third-order valence-corrected chi connectivity index (χ3v) is 5.97. The predicted octanol–water partition coefficient (Wildman–Crippen LogP) is 5.77. The highest BCUT2D eigenvalue weighted by atomic mass is 35.5. The van der Waals surface area contributed by atoms with Gasteiger partial charge in [-0.25, -0.2) is 8.78 Å². The molecule has 2 N–H and O–H groups in total. The number of nitrogens with two attached hydrogens (primary N) is 1. The molecule has 1 amide bonds. The molecule has 0 heterocycles. The molecular formula is C23H18ClF3NO2P.